The lowest BCUT2D eigenvalue weighted by Gasteiger charge is -2.35. The van der Waals surface area contributed by atoms with Crippen molar-refractivity contribution >= 4 is 40.8 Å². The number of aromatic hydroxyl groups is 1. The van der Waals surface area contributed by atoms with E-state index in [0.717, 1.165) is 65.8 Å². The van der Waals surface area contributed by atoms with E-state index in [1.165, 1.54) is 4.90 Å². The number of amides is 4. The monoisotopic (exact) mass is 982 g/mol. The van der Waals surface area contributed by atoms with Crippen molar-refractivity contribution in [1.29, 1.82) is 0 Å². The molecule has 1 fully saturated rings. The summed E-state index contributed by atoms with van der Waals surface area (Å²) in [6, 6.07) is 23.2. The van der Waals surface area contributed by atoms with Crippen molar-refractivity contribution in [2.45, 2.75) is 123 Å². The highest BCUT2D eigenvalue weighted by molar-refractivity contribution is 7.13. The third-order valence-corrected chi connectivity index (χ3v) is 14.0. The summed E-state index contributed by atoms with van der Waals surface area (Å²) in [5.74, 6) is -0.881. The van der Waals surface area contributed by atoms with E-state index in [9.17, 15) is 29.4 Å². The molecule has 71 heavy (non-hydrogen) atoms. The van der Waals surface area contributed by atoms with Crippen molar-refractivity contribution in [3.63, 3.8) is 0 Å². The summed E-state index contributed by atoms with van der Waals surface area (Å²) in [4.78, 5) is 61.7. The number of aromatic nitrogens is 5. The second kappa shape index (κ2) is 23.8. The molecular weight excluding hydrogens is 917 g/mol. The number of aryl methyl sites for hydroxylation is 1. The number of anilines is 1. The molecule has 1 unspecified atom stereocenters. The first-order valence-electron chi connectivity index (χ1n) is 24.5. The van der Waals surface area contributed by atoms with Crippen LogP contribution >= 0.6 is 11.3 Å². The lowest BCUT2D eigenvalue weighted by molar-refractivity contribution is -0.144. The van der Waals surface area contributed by atoms with Gasteiger partial charge in [0.1, 0.15) is 17.8 Å². The van der Waals surface area contributed by atoms with Crippen LogP contribution in [0.4, 0.5) is 5.82 Å². The van der Waals surface area contributed by atoms with Gasteiger partial charge < -0.3 is 36.8 Å². The number of nitrogen functional groups attached to an aromatic ring is 1. The molecule has 3 aromatic carbocycles. The molecule has 0 aliphatic carbocycles. The van der Waals surface area contributed by atoms with E-state index < -0.39 is 29.6 Å². The quantitative estimate of drug-likeness (QED) is 0.0379. The number of aliphatic hydroxyl groups excluding tert-OH is 1. The number of para-hydroxylation sites is 1. The molecule has 0 spiro atoms. The fraction of sp³-hybridized carbons (Fsp3) is 0.407. The Morgan fingerprint density at radius 2 is 1.54 bits per heavy atom. The van der Waals surface area contributed by atoms with Crippen molar-refractivity contribution in [2.75, 3.05) is 18.8 Å². The Kier molecular flexibility index (Phi) is 17.3. The molecule has 5 atom stereocenters. The maximum absolute atomic E-state index is 14.1. The predicted molar refractivity (Wildman–Crippen MR) is 276 cm³/mol. The number of thiazole rings is 1. The number of rotatable bonds is 21. The number of β-amino-alcohol motifs (C(OH)–C–C–N with tert-alkyl or cyclic N) is 1. The van der Waals surface area contributed by atoms with Crippen LogP contribution in [0.2, 0.25) is 0 Å². The molecule has 0 radical (unpaired) electrons. The van der Waals surface area contributed by atoms with Gasteiger partial charge in [-0.1, -0.05) is 120 Å². The summed E-state index contributed by atoms with van der Waals surface area (Å²) < 4.78 is 1.62. The molecule has 4 heterocycles. The first-order valence-corrected chi connectivity index (χ1v) is 25.3. The minimum atomic E-state index is -0.883. The average Bonchev–Trinajstić information content (AvgIpc) is 4.12. The largest absolute Gasteiger partial charge is 0.507 e. The van der Waals surface area contributed by atoms with Gasteiger partial charge in [0.15, 0.2) is 11.9 Å². The highest BCUT2D eigenvalue weighted by atomic mass is 32.1. The maximum Gasteiger partial charge on any atom is 0.249 e. The zero-order chi connectivity index (χ0) is 50.7. The molecule has 0 saturated carbocycles. The van der Waals surface area contributed by atoms with Gasteiger partial charge in [-0.05, 0) is 67.0 Å². The van der Waals surface area contributed by atoms with Gasteiger partial charge >= 0.3 is 0 Å². The summed E-state index contributed by atoms with van der Waals surface area (Å²) in [5.41, 5.74) is 13.3. The number of aliphatic hydroxyl groups is 1. The maximum atomic E-state index is 14.1. The van der Waals surface area contributed by atoms with E-state index >= 15 is 0 Å². The van der Waals surface area contributed by atoms with Gasteiger partial charge in [-0.3, -0.25) is 23.9 Å². The second-order valence-electron chi connectivity index (χ2n) is 19.5. The molecule has 374 valence electrons. The van der Waals surface area contributed by atoms with Crippen molar-refractivity contribution in [3.05, 3.63) is 120 Å². The first kappa shape index (κ1) is 51.9. The second-order valence-corrected chi connectivity index (χ2v) is 20.3. The Morgan fingerprint density at radius 1 is 0.845 bits per heavy atom. The van der Waals surface area contributed by atoms with E-state index in [0.29, 0.717) is 35.3 Å². The zero-order valence-corrected chi connectivity index (χ0v) is 42.0. The summed E-state index contributed by atoms with van der Waals surface area (Å²) in [6.07, 6.45) is 9.08. The van der Waals surface area contributed by atoms with Crippen LogP contribution in [0.3, 0.4) is 0 Å². The van der Waals surface area contributed by atoms with Gasteiger partial charge in [-0.2, -0.15) is 5.10 Å². The zero-order valence-electron chi connectivity index (χ0n) is 41.2. The van der Waals surface area contributed by atoms with Crippen molar-refractivity contribution in [1.82, 2.24) is 45.8 Å². The normalized spacial score (nSPS) is 16.0. The molecule has 3 aromatic heterocycles. The number of likely N-dealkylation sites (tertiary alicyclic amines) is 1. The average molecular weight is 983 g/mol. The van der Waals surface area contributed by atoms with E-state index in [1.54, 1.807) is 58.7 Å². The Morgan fingerprint density at radius 3 is 2.23 bits per heavy atom. The SMILES string of the molecule is Cc1ncsc1-c1ccc([C@H](C)NC(=O)[C@@H]2C[C@@H](O)CN2C(=O)[C@@H](NC(=O)CCCCCCCCCNC(=O)C(c2ccccc2)n2cc(-c3cc(-c4ccccc4O)nnc3N)cn2)C(C)(C)C)cc1. The third kappa shape index (κ3) is 13.3. The summed E-state index contributed by atoms with van der Waals surface area (Å²) >= 11 is 1.58. The standard InChI is InChI=1S/C54H66N10O6S/c1-34(36-23-25-38(26-24-36)48-35(2)57-33-71-48)59-51(68)44-28-40(65)32-63(44)53(70)49(54(3,4)5)60-46(67)22-14-9-7-6-8-10-17-27-56-52(69)47(37-18-12-11-13-19-37)64-31-39(30-58-64)42-29-43(61-62-50(42)55)41-20-15-16-21-45(41)66/h11-13,15-16,18-21,23-26,29-31,33-34,40,44,47,49,65-66H,6-10,14,17,22,27-28,32H2,1-5H3,(H2,55,62)(H,56,69)(H,59,68)(H,60,67)/t34-,40+,44-,47?,49+/m0/s1. The number of nitrogens with zero attached hydrogens (tertiary/aromatic N) is 6. The highest BCUT2D eigenvalue weighted by Gasteiger charge is 2.44. The van der Waals surface area contributed by atoms with Crippen LogP contribution in [-0.4, -0.2) is 95.0 Å². The molecule has 1 aliphatic heterocycles. The van der Waals surface area contributed by atoms with Gasteiger partial charge in [-0.15, -0.1) is 21.5 Å². The number of carbonyl (C=O) groups is 4. The molecule has 16 nitrogen and oxygen atoms in total. The van der Waals surface area contributed by atoms with Crippen molar-refractivity contribution in [3.8, 4) is 38.6 Å². The minimum Gasteiger partial charge on any atom is -0.507 e. The van der Waals surface area contributed by atoms with Gasteiger partial charge in [-0.25, -0.2) is 4.98 Å². The van der Waals surface area contributed by atoms with Crippen LogP contribution < -0.4 is 21.7 Å². The summed E-state index contributed by atoms with van der Waals surface area (Å²) in [5, 5.41) is 43.1. The van der Waals surface area contributed by atoms with Crippen LogP contribution in [0.15, 0.2) is 103 Å². The molecule has 0 bridgehead atoms. The number of nitrogens with two attached hydrogens (primary N) is 1. The van der Waals surface area contributed by atoms with Crippen LogP contribution in [0.1, 0.15) is 114 Å². The topological polar surface area (TPSA) is 231 Å². The van der Waals surface area contributed by atoms with Crippen LogP contribution in [0, 0.1) is 12.3 Å². The Hall–Kier alpha value is -6.98. The number of hydrogen-bond donors (Lipinski definition) is 6. The summed E-state index contributed by atoms with van der Waals surface area (Å²) in [7, 11) is 0. The van der Waals surface area contributed by atoms with E-state index in [4.69, 9.17) is 5.73 Å². The molecule has 6 aromatic rings. The Bertz CT molecular complexity index is 2750. The lowest BCUT2D eigenvalue weighted by Crippen LogP contribution is -2.57. The van der Waals surface area contributed by atoms with Gasteiger partial charge in [0.05, 0.1) is 40.1 Å². The van der Waals surface area contributed by atoms with Gasteiger partial charge in [0.25, 0.3) is 0 Å². The number of phenols is 1. The van der Waals surface area contributed by atoms with E-state index in [2.05, 4.69) is 36.2 Å². The van der Waals surface area contributed by atoms with Crippen LogP contribution in [0.5, 0.6) is 5.75 Å². The van der Waals surface area contributed by atoms with Crippen molar-refractivity contribution in [2.24, 2.45) is 5.41 Å². The highest BCUT2D eigenvalue weighted by Crippen LogP contribution is 2.34. The Labute approximate surface area is 419 Å². The Balaban J connectivity index is 0.829. The molecule has 17 heteroatoms. The number of unbranched alkanes of at least 4 members (excludes halogenated alkanes) is 6. The molecule has 1 saturated heterocycles. The molecule has 7 N–H and O–H groups in total. The van der Waals surface area contributed by atoms with Crippen LogP contribution in [-0.2, 0) is 19.2 Å². The smallest absolute Gasteiger partial charge is 0.249 e. The van der Waals surface area contributed by atoms with Gasteiger partial charge in [0.2, 0.25) is 23.6 Å². The number of nitrogens with one attached hydrogen (secondary N) is 3. The predicted octanol–water partition coefficient (Wildman–Crippen LogP) is 7.92. The number of carbonyl (C=O) groups excluding carboxylic acids is 4. The van der Waals surface area contributed by atoms with Gasteiger partial charge in [0, 0.05) is 48.8 Å². The lowest BCUT2D eigenvalue weighted by atomic mass is 9.85. The third-order valence-electron chi connectivity index (χ3n) is 13.0. The minimum absolute atomic E-state index is 0.0103. The van der Waals surface area contributed by atoms with E-state index in [1.807, 2.05) is 94.7 Å². The fourth-order valence-electron chi connectivity index (χ4n) is 8.98. The number of benzene rings is 3. The fourth-order valence-corrected chi connectivity index (χ4v) is 9.80. The molecule has 1 aliphatic rings. The summed E-state index contributed by atoms with van der Waals surface area (Å²) in [6.45, 7) is 10.0. The molecule has 7 rings (SSSR count). The van der Waals surface area contributed by atoms with Crippen molar-refractivity contribution < 1.29 is 29.4 Å². The van der Waals surface area contributed by atoms with Crippen LogP contribution in [0.25, 0.3) is 32.8 Å². The van der Waals surface area contributed by atoms with E-state index in [-0.39, 0.29) is 60.6 Å². The number of hydrogen-bond acceptors (Lipinski definition) is 12. The molecule has 4 amide bonds. The molecular formula is C54H66N10O6S. The number of phenolic OH excluding ortho intramolecular Hbond substituents is 1. The first-order chi connectivity index (χ1) is 34.1.